The molecule has 0 atom stereocenters. The van der Waals surface area contributed by atoms with Crippen molar-refractivity contribution in [2.75, 3.05) is 0 Å². The number of fused-ring (bicyclic) bond motifs is 1. The molecule has 0 saturated carbocycles. The van der Waals surface area contributed by atoms with E-state index in [4.69, 9.17) is 16.0 Å². The predicted octanol–water partition coefficient (Wildman–Crippen LogP) is 5.86. The van der Waals surface area contributed by atoms with Gasteiger partial charge in [0.2, 0.25) is 5.89 Å². The minimum Gasteiger partial charge on any atom is -0.436 e. The van der Waals surface area contributed by atoms with Crippen LogP contribution in [0.3, 0.4) is 0 Å². The summed E-state index contributed by atoms with van der Waals surface area (Å²) in [5.41, 5.74) is 0.659. The number of halogens is 4. The van der Waals surface area contributed by atoms with Gasteiger partial charge in [-0.15, -0.1) is 0 Å². The Labute approximate surface area is 141 Å². The zero-order chi connectivity index (χ0) is 17.7. The van der Waals surface area contributed by atoms with Crippen molar-refractivity contribution in [2.45, 2.75) is 32.4 Å². The first-order valence-electron chi connectivity index (χ1n) is 7.20. The minimum atomic E-state index is -4.58. The standard InChI is InChI=1S/C17H14ClF3N2O/c1-16(2,3)9-4-5-13-12(6-9)23-15(24-13)10-7-14(18)22-8-11(10)17(19,20)21/h4-8H,1-3H3. The molecule has 0 bridgehead atoms. The van der Waals surface area contributed by atoms with Gasteiger partial charge in [-0.1, -0.05) is 38.4 Å². The molecule has 0 spiro atoms. The molecule has 0 radical (unpaired) electrons. The number of nitrogens with zero attached hydrogens (tertiary/aromatic N) is 2. The van der Waals surface area contributed by atoms with Gasteiger partial charge in [0.15, 0.2) is 5.58 Å². The van der Waals surface area contributed by atoms with Gasteiger partial charge in [-0.3, -0.25) is 0 Å². The third-order valence-corrected chi connectivity index (χ3v) is 3.87. The van der Waals surface area contributed by atoms with Crippen LogP contribution < -0.4 is 0 Å². The van der Waals surface area contributed by atoms with Gasteiger partial charge >= 0.3 is 6.18 Å². The summed E-state index contributed by atoms with van der Waals surface area (Å²) in [6.07, 6.45) is -3.89. The lowest BCUT2D eigenvalue weighted by molar-refractivity contribution is -0.137. The lowest BCUT2D eigenvalue weighted by Gasteiger charge is -2.18. The van der Waals surface area contributed by atoms with Crippen LogP contribution in [0.4, 0.5) is 13.2 Å². The minimum absolute atomic E-state index is 0.0596. The van der Waals surface area contributed by atoms with E-state index in [0.29, 0.717) is 17.3 Å². The number of pyridine rings is 1. The van der Waals surface area contributed by atoms with Crippen molar-refractivity contribution < 1.29 is 17.6 Å². The zero-order valence-electron chi connectivity index (χ0n) is 13.2. The van der Waals surface area contributed by atoms with Crippen LogP contribution in [0.1, 0.15) is 31.9 Å². The van der Waals surface area contributed by atoms with Crippen molar-refractivity contribution in [3.63, 3.8) is 0 Å². The van der Waals surface area contributed by atoms with Crippen LogP contribution in [0.2, 0.25) is 5.15 Å². The van der Waals surface area contributed by atoms with Gasteiger partial charge in [0.1, 0.15) is 10.7 Å². The van der Waals surface area contributed by atoms with E-state index >= 15 is 0 Å². The van der Waals surface area contributed by atoms with Crippen LogP contribution >= 0.6 is 11.6 Å². The van der Waals surface area contributed by atoms with E-state index < -0.39 is 11.7 Å². The van der Waals surface area contributed by atoms with E-state index in [9.17, 15) is 13.2 Å². The summed E-state index contributed by atoms with van der Waals surface area (Å²) in [7, 11) is 0. The second-order valence-corrected chi connectivity index (χ2v) is 6.89. The maximum absolute atomic E-state index is 13.2. The second kappa shape index (κ2) is 5.48. The highest BCUT2D eigenvalue weighted by molar-refractivity contribution is 6.29. The van der Waals surface area contributed by atoms with Crippen LogP contribution in [-0.4, -0.2) is 9.97 Å². The molecular formula is C17H14ClF3N2O. The molecule has 0 saturated heterocycles. The summed E-state index contributed by atoms with van der Waals surface area (Å²) in [5, 5.41) is -0.0596. The van der Waals surface area contributed by atoms with Crippen molar-refractivity contribution in [2.24, 2.45) is 0 Å². The Morgan fingerprint density at radius 1 is 1.08 bits per heavy atom. The van der Waals surface area contributed by atoms with E-state index in [2.05, 4.69) is 9.97 Å². The Morgan fingerprint density at radius 2 is 1.79 bits per heavy atom. The van der Waals surface area contributed by atoms with Crippen molar-refractivity contribution >= 4 is 22.7 Å². The number of hydrogen-bond donors (Lipinski definition) is 0. The average molecular weight is 355 g/mol. The first-order chi connectivity index (χ1) is 11.1. The molecule has 0 N–H and O–H groups in total. The molecule has 1 aromatic carbocycles. The normalized spacial score (nSPS) is 12.8. The van der Waals surface area contributed by atoms with E-state index in [1.54, 1.807) is 6.07 Å². The molecule has 3 rings (SSSR count). The molecule has 2 aromatic heterocycles. The lowest BCUT2D eigenvalue weighted by atomic mass is 9.87. The Hall–Kier alpha value is -2.08. The maximum Gasteiger partial charge on any atom is 0.418 e. The maximum atomic E-state index is 13.2. The summed E-state index contributed by atoms with van der Waals surface area (Å²) in [6, 6.07) is 6.52. The van der Waals surface area contributed by atoms with E-state index in [-0.39, 0.29) is 22.0 Å². The van der Waals surface area contributed by atoms with Crippen LogP contribution in [-0.2, 0) is 11.6 Å². The summed E-state index contributed by atoms with van der Waals surface area (Å²) >= 11 is 5.75. The fraction of sp³-hybridized carbons (Fsp3) is 0.294. The highest BCUT2D eigenvalue weighted by Gasteiger charge is 2.35. The molecule has 0 aliphatic heterocycles. The van der Waals surface area contributed by atoms with Gasteiger partial charge in [-0.2, -0.15) is 13.2 Å². The quantitative estimate of drug-likeness (QED) is 0.514. The molecule has 3 aromatic rings. The van der Waals surface area contributed by atoms with Gasteiger partial charge in [0, 0.05) is 6.20 Å². The van der Waals surface area contributed by atoms with Gasteiger partial charge in [0.05, 0.1) is 11.1 Å². The summed E-state index contributed by atoms with van der Waals surface area (Å²) < 4.78 is 45.1. The smallest absolute Gasteiger partial charge is 0.418 e. The molecule has 7 heteroatoms. The van der Waals surface area contributed by atoms with E-state index in [0.717, 1.165) is 11.6 Å². The molecule has 3 nitrogen and oxygen atoms in total. The molecule has 0 aliphatic carbocycles. The Bertz CT molecular complexity index is 910. The fourth-order valence-electron chi connectivity index (χ4n) is 2.34. The highest BCUT2D eigenvalue weighted by atomic mass is 35.5. The number of alkyl halides is 3. The fourth-order valence-corrected chi connectivity index (χ4v) is 2.50. The zero-order valence-corrected chi connectivity index (χ0v) is 14.0. The lowest BCUT2D eigenvalue weighted by Crippen LogP contribution is -2.10. The second-order valence-electron chi connectivity index (χ2n) is 6.50. The Balaban J connectivity index is 2.19. The van der Waals surface area contributed by atoms with Crippen LogP contribution in [0.5, 0.6) is 0 Å². The number of hydrogen-bond acceptors (Lipinski definition) is 3. The largest absolute Gasteiger partial charge is 0.436 e. The monoisotopic (exact) mass is 354 g/mol. The van der Waals surface area contributed by atoms with Crippen molar-refractivity contribution in [1.82, 2.24) is 9.97 Å². The Kier molecular flexibility index (Phi) is 3.83. The van der Waals surface area contributed by atoms with Gasteiger partial charge in [0.25, 0.3) is 0 Å². The molecule has 0 unspecified atom stereocenters. The van der Waals surface area contributed by atoms with Crippen molar-refractivity contribution in [3.8, 4) is 11.5 Å². The SMILES string of the molecule is CC(C)(C)c1ccc2oc(-c3cc(Cl)ncc3C(F)(F)F)nc2c1. The van der Waals surface area contributed by atoms with Crippen molar-refractivity contribution in [3.05, 3.63) is 46.7 Å². The third kappa shape index (κ3) is 3.11. The van der Waals surface area contributed by atoms with E-state index in [1.807, 2.05) is 32.9 Å². The number of rotatable bonds is 1. The summed E-state index contributed by atoms with van der Waals surface area (Å²) in [5.74, 6) is -0.132. The third-order valence-electron chi connectivity index (χ3n) is 3.66. The Morgan fingerprint density at radius 3 is 2.42 bits per heavy atom. The van der Waals surface area contributed by atoms with Gasteiger partial charge in [-0.25, -0.2) is 9.97 Å². The number of oxazole rings is 1. The van der Waals surface area contributed by atoms with Gasteiger partial charge in [-0.05, 0) is 29.2 Å². The molecular weight excluding hydrogens is 341 g/mol. The first kappa shape index (κ1) is 16.8. The van der Waals surface area contributed by atoms with Crippen LogP contribution in [0.15, 0.2) is 34.9 Å². The number of aromatic nitrogens is 2. The summed E-state index contributed by atoms with van der Waals surface area (Å²) in [4.78, 5) is 7.73. The topological polar surface area (TPSA) is 38.9 Å². The predicted molar refractivity (Wildman–Crippen MR) is 86.0 cm³/mol. The molecule has 126 valence electrons. The van der Waals surface area contributed by atoms with Crippen LogP contribution in [0.25, 0.3) is 22.6 Å². The van der Waals surface area contributed by atoms with Gasteiger partial charge < -0.3 is 4.42 Å². The molecule has 0 aliphatic rings. The number of benzene rings is 1. The van der Waals surface area contributed by atoms with E-state index in [1.165, 1.54) is 0 Å². The van der Waals surface area contributed by atoms with Crippen LogP contribution in [0, 0.1) is 0 Å². The highest BCUT2D eigenvalue weighted by Crippen LogP contribution is 2.38. The van der Waals surface area contributed by atoms with Crippen molar-refractivity contribution in [1.29, 1.82) is 0 Å². The molecule has 0 amide bonds. The molecule has 0 fully saturated rings. The molecule has 2 heterocycles. The molecule has 24 heavy (non-hydrogen) atoms. The average Bonchev–Trinajstić information content (AvgIpc) is 2.87. The first-order valence-corrected chi connectivity index (χ1v) is 7.58. The summed E-state index contributed by atoms with van der Waals surface area (Å²) in [6.45, 7) is 6.12.